The SMILES string of the molecule is CCCN(CCC)c1ccnc(NCc2cccc(C)c2)n1. The predicted octanol–water partition coefficient (Wildman–Crippen LogP) is 4.02. The van der Waals surface area contributed by atoms with Gasteiger partial charge in [0.1, 0.15) is 5.82 Å². The summed E-state index contributed by atoms with van der Waals surface area (Å²) in [5, 5.41) is 3.32. The summed E-state index contributed by atoms with van der Waals surface area (Å²) in [6.07, 6.45) is 4.07. The van der Waals surface area contributed by atoms with E-state index in [4.69, 9.17) is 0 Å². The van der Waals surface area contributed by atoms with Crippen LogP contribution in [0.2, 0.25) is 0 Å². The minimum Gasteiger partial charge on any atom is -0.356 e. The second-order valence-corrected chi connectivity index (χ2v) is 5.57. The Bertz CT molecular complexity index is 577. The molecule has 1 N–H and O–H groups in total. The Hall–Kier alpha value is -2.10. The molecule has 22 heavy (non-hydrogen) atoms. The zero-order valence-corrected chi connectivity index (χ0v) is 13.8. The molecule has 0 saturated heterocycles. The topological polar surface area (TPSA) is 41.1 Å². The minimum absolute atomic E-state index is 0.691. The second-order valence-electron chi connectivity index (χ2n) is 5.57. The van der Waals surface area contributed by atoms with Crippen molar-refractivity contribution in [3.63, 3.8) is 0 Å². The number of rotatable bonds is 8. The van der Waals surface area contributed by atoms with Crippen molar-refractivity contribution in [1.82, 2.24) is 9.97 Å². The van der Waals surface area contributed by atoms with Crippen LogP contribution >= 0.6 is 0 Å². The van der Waals surface area contributed by atoms with Crippen LogP contribution in [0.25, 0.3) is 0 Å². The van der Waals surface area contributed by atoms with E-state index in [0.717, 1.165) is 38.3 Å². The highest BCUT2D eigenvalue weighted by atomic mass is 15.2. The third-order valence-corrected chi connectivity index (χ3v) is 3.49. The molecule has 1 aromatic carbocycles. The molecule has 0 unspecified atom stereocenters. The van der Waals surface area contributed by atoms with Gasteiger partial charge in [0.25, 0.3) is 0 Å². The number of nitrogens with zero attached hydrogens (tertiary/aromatic N) is 3. The predicted molar refractivity (Wildman–Crippen MR) is 93.3 cm³/mol. The molecule has 0 aliphatic heterocycles. The summed E-state index contributed by atoms with van der Waals surface area (Å²) in [4.78, 5) is 11.3. The Morgan fingerprint density at radius 2 is 1.86 bits per heavy atom. The molecule has 0 bridgehead atoms. The number of hydrogen-bond donors (Lipinski definition) is 1. The summed E-state index contributed by atoms with van der Waals surface area (Å²) >= 11 is 0. The molecule has 0 spiro atoms. The molecule has 0 atom stereocenters. The molecular formula is C18H26N4. The summed E-state index contributed by atoms with van der Waals surface area (Å²) in [7, 11) is 0. The molecule has 0 aliphatic rings. The second kappa shape index (κ2) is 8.37. The van der Waals surface area contributed by atoms with Crippen molar-refractivity contribution >= 4 is 11.8 Å². The van der Waals surface area contributed by atoms with E-state index in [1.807, 2.05) is 12.3 Å². The average molecular weight is 298 g/mol. The Morgan fingerprint density at radius 3 is 2.55 bits per heavy atom. The fraction of sp³-hybridized carbons (Fsp3) is 0.444. The van der Waals surface area contributed by atoms with Gasteiger partial charge in [-0.25, -0.2) is 4.98 Å². The van der Waals surface area contributed by atoms with Crippen molar-refractivity contribution in [2.24, 2.45) is 0 Å². The van der Waals surface area contributed by atoms with Gasteiger partial charge in [-0.05, 0) is 31.4 Å². The van der Waals surface area contributed by atoms with E-state index in [9.17, 15) is 0 Å². The maximum Gasteiger partial charge on any atom is 0.224 e. The average Bonchev–Trinajstić information content (AvgIpc) is 2.53. The van der Waals surface area contributed by atoms with Crippen LogP contribution < -0.4 is 10.2 Å². The quantitative estimate of drug-likeness (QED) is 0.799. The summed E-state index contributed by atoms with van der Waals surface area (Å²) in [6, 6.07) is 10.5. The first kappa shape index (κ1) is 16.3. The molecule has 0 radical (unpaired) electrons. The van der Waals surface area contributed by atoms with Gasteiger partial charge in [0.05, 0.1) is 0 Å². The summed E-state index contributed by atoms with van der Waals surface area (Å²) in [5.41, 5.74) is 2.51. The van der Waals surface area contributed by atoms with Crippen molar-refractivity contribution in [3.8, 4) is 0 Å². The van der Waals surface area contributed by atoms with Gasteiger partial charge in [-0.1, -0.05) is 43.7 Å². The molecular weight excluding hydrogens is 272 g/mol. The van der Waals surface area contributed by atoms with E-state index in [0.29, 0.717) is 5.95 Å². The molecule has 0 fully saturated rings. The minimum atomic E-state index is 0.691. The normalized spacial score (nSPS) is 10.5. The molecule has 0 aliphatic carbocycles. The van der Waals surface area contributed by atoms with Gasteiger partial charge in [0, 0.05) is 25.8 Å². The molecule has 118 valence electrons. The summed E-state index contributed by atoms with van der Waals surface area (Å²) in [6.45, 7) is 9.30. The number of aromatic nitrogens is 2. The zero-order chi connectivity index (χ0) is 15.8. The number of anilines is 2. The van der Waals surface area contributed by atoms with Crippen LogP contribution in [0.4, 0.5) is 11.8 Å². The summed E-state index contributed by atoms with van der Waals surface area (Å²) in [5.74, 6) is 1.70. The Morgan fingerprint density at radius 1 is 1.09 bits per heavy atom. The van der Waals surface area contributed by atoms with Gasteiger partial charge in [-0.2, -0.15) is 4.98 Å². The number of aryl methyl sites for hydroxylation is 1. The fourth-order valence-corrected chi connectivity index (χ4v) is 2.49. The zero-order valence-electron chi connectivity index (χ0n) is 13.8. The molecule has 4 heteroatoms. The van der Waals surface area contributed by atoms with Crippen LogP contribution in [0.15, 0.2) is 36.5 Å². The number of nitrogens with one attached hydrogen (secondary N) is 1. The molecule has 1 aromatic heterocycles. The fourth-order valence-electron chi connectivity index (χ4n) is 2.49. The first-order chi connectivity index (χ1) is 10.7. The van der Waals surface area contributed by atoms with E-state index < -0.39 is 0 Å². The molecule has 1 heterocycles. The van der Waals surface area contributed by atoms with Gasteiger partial charge in [-0.3, -0.25) is 0 Å². The highest BCUT2D eigenvalue weighted by Crippen LogP contribution is 2.14. The van der Waals surface area contributed by atoms with E-state index in [-0.39, 0.29) is 0 Å². The Labute approximate surface area is 133 Å². The van der Waals surface area contributed by atoms with E-state index >= 15 is 0 Å². The first-order valence-corrected chi connectivity index (χ1v) is 8.10. The van der Waals surface area contributed by atoms with E-state index in [2.05, 4.69) is 65.2 Å². The highest BCUT2D eigenvalue weighted by molar-refractivity contribution is 5.42. The largest absolute Gasteiger partial charge is 0.356 e. The van der Waals surface area contributed by atoms with Gasteiger partial charge in [-0.15, -0.1) is 0 Å². The van der Waals surface area contributed by atoms with Crippen LogP contribution in [-0.4, -0.2) is 23.1 Å². The lowest BCUT2D eigenvalue weighted by Crippen LogP contribution is -2.26. The molecule has 2 aromatic rings. The number of hydrogen-bond acceptors (Lipinski definition) is 4. The van der Waals surface area contributed by atoms with Gasteiger partial charge in [0.15, 0.2) is 0 Å². The van der Waals surface area contributed by atoms with Gasteiger partial charge in [0.2, 0.25) is 5.95 Å². The third-order valence-electron chi connectivity index (χ3n) is 3.49. The Kier molecular flexibility index (Phi) is 6.19. The lowest BCUT2D eigenvalue weighted by molar-refractivity contribution is 0.733. The van der Waals surface area contributed by atoms with Crippen LogP contribution in [-0.2, 0) is 6.54 Å². The molecule has 4 nitrogen and oxygen atoms in total. The third kappa shape index (κ3) is 4.72. The number of benzene rings is 1. The van der Waals surface area contributed by atoms with Crippen molar-refractivity contribution in [3.05, 3.63) is 47.7 Å². The monoisotopic (exact) mass is 298 g/mol. The van der Waals surface area contributed by atoms with Gasteiger partial charge >= 0.3 is 0 Å². The molecule has 0 saturated carbocycles. The molecule has 0 amide bonds. The lowest BCUT2D eigenvalue weighted by Gasteiger charge is -2.22. The molecule has 2 rings (SSSR count). The van der Waals surface area contributed by atoms with Crippen molar-refractivity contribution in [2.75, 3.05) is 23.3 Å². The van der Waals surface area contributed by atoms with E-state index in [1.54, 1.807) is 0 Å². The van der Waals surface area contributed by atoms with Crippen LogP contribution in [0.3, 0.4) is 0 Å². The lowest BCUT2D eigenvalue weighted by atomic mass is 10.1. The van der Waals surface area contributed by atoms with Crippen LogP contribution in [0.5, 0.6) is 0 Å². The van der Waals surface area contributed by atoms with Crippen molar-refractivity contribution in [2.45, 2.75) is 40.2 Å². The van der Waals surface area contributed by atoms with E-state index in [1.165, 1.54) is 11.1 Å². The van der Waals surface area contributed by atoms with Crippen LogP contribution in [0.1, 0.15) is 37.8 Å². The summed E-state index contributed by atoms with van der Waals surface area (Å²) < 4.78 is 0. The standard InChI is InChI=1S/C18H26N4/c1-4-11-22(12-5-2)17-9-10-19-18(21-17)20-14-16-8-6-7-15(3)13-16/h6-10,13H,4-5,11-12,14H2,1-3H3,(H,19,20,21). The maximum atomic E-state index is 4.65. The smallest absolute Gasteiger partial charge is 0.224 e. The maximum absolute atomic E-state index is 4.65. The van der Waals surface area contributed by atoms with Crippen molar-refractivity contribution in [1.29, 1.82) is 0 Å². The van der Waals surface area contributed by atoms with Gasteiger partial charge < -0.3 is 10.2 Å². The first-order valence-electron chi connectivity index (χ1n) is 8.10. The van der Waals surface area contributed by atoms with Crippen molar-refractivity contribution < 1.29 is 0 Å². The Balaban J connectivity index is 2.04. The van der Waals surface area contributed by atoms with Crippen LogP contribution in [0, 0.1) is 6.92 Å². The highest BCUT2D eigenvalue weighted by Gasteiger charge is 2.07.